The maximum Gasteiger partial charge on any atom is 0.163 e. The van der Waals surface area contributed by atoms with E-state index in [0.29, 0.717) is 17.9 Å². The van der Waals surface area contributed by atoms with E-state index >= 15 is 0 Å². The summed E-state index contributed by atoms with van der Waals surface area (Å²) in [4.78, 5) is 2.58. The lowest BCUT2D eigenvalue weighted by Gasteiger charge is -2.29. The molecule has 0 N–H and O–H groups in total. The van der Waals surface area contributed by atoms with Crippen LogP contribution in [0.3, 0.4) is 0 Å². The highest BCUT2D eigenvalue weighted by molar-refractivity contribution is 5.37. The molecule has 0 radical (unpaired) electrons. The maximum atomic E-state index is 5.79. The third-order valence-corrected chi connectivity index (χ3v) is 5.98. The molecule has 134 valence electrons. The number of ether oxygens (including phenoxy) is 1. The highest BCUT2D eigenvalue weighted by atomic mass is 16.5. The normalized spacial score (nSPS) is 24.4. The molecular formula is C21H29N3O. The molecule has 1 aliphatic heterocycles. The van der Waals surface area contributed by atoms with E-state index < -0.39 is 0 Å². The molecule has 0 spiro atoms. The lowest BCUT2D eigenvalue weighted by molar-refractivity contribution is 0.270. The topological polar surface area (TPSA) is 30.3 Å². The van der Waals surface area contributed by atoms with Crippen LogP contribution in [0.4, 0.5) is 0 Å². The molecule has 2 aliphatic rings. The van der Waals surface area contributed by atoms with E-state index in [1.807, 2.05) is 0 Å². The van der Waals surface area contributed by atoms with Crippen LogP contribution in [0.5, 0.6) is 5.75 Å². The zero-order valence-electron chi connectivity index (χ0n) is 15.6. The minimum absolute atomic E-state index is 0.500. The number of aromatic nitrogens is 2. The Labute approximate surface area is 150 Å². The molecule has 4 nitrogen and oxygen atoms in total. The van der Waals surface area contributed by atoms with E-state index in [4.69, 9.17) is 9.84 Å². The van der Waals surface area contributed by atoms with Gasteiger partial charge in [0, 0.05) is 25.6 Å². The van der Waals surface area contributed by atoms with Gasteiger partial charge in [0.1, 0.15) is 5.69 Å². The van der Waals surface area contributed by atoms with Crippen LogP contribution in [-0.2, 0) is 6.54 Å². The quantitative estimate of drug-likeness (QED) is 0.819. The van der Waals surface area contributed by atoms with E-state index in [2.05, 4.69) is 53.8 Å². The molecule has 0 amide bonds. The third-order valence-electron chi connectivity index (χ3n) is 5.98. The summed E-state index contributed by atoms with van der Waals surface area (Å²) < 4.78 is 8.10. The molecule has 2 atom stereocenters. The summed E-state index contributed by atoms with van der Waals surface area (Å²) in [6, 6.07) is 11.4. The van der Waals surface area contributed by atoms with Crippen molar-refractivity contribution in [1.82, 2.24) is 14.7 Å². The zero-order chi connectivity index (χ0) is 17.4. The molecule has 1 aromatic carbocycles. The summed E-state index contributed by atoms with van der Waals surface area (Å²) in [7, 11) is 1.79. The second-order valence-electron chi connectivity index (χ2n) is 7.80. The lowest BCUT2D eigenvalue weighted by Crippen LogP contribution is -2.24. The lowest BCUT2D eigenvalue weighted by atomic mass is 9.90. The average Bonchev–Trinajstić information content (AvgIpc) is 3.06. The molecule has 25 heavy (non-hydrogen) atoms. The van der Waals surface area contributed by atoms with Crippen LogP contribution in [0.25, 0.3) is 0 Å². The fourth-order valence-electron chi connectivity index (χ4n) is 4.44. The predicted octanol–water partition coefficient (Wildman–Crippen LogP) is 4.16. The maximum absolute atomic E-state index is 5.79. The second-order valence-corrected chi connectivity index (χ2v) is 7.80. The van der Waals surface area contributed by atoms with Crippen LogP contribution >= 0.6 is 0 Å². The smallest absolute Gasteiger partial charge is 0.163 e. The fraction of sp³-hybridized carbons (Fsp3) is 0.571. The number of nitrogens with zero attached hydrogens (tertiary/aromatic N) is 3. The van der Waals surface area contributed by atoms with E-state index in [9.17, 15) is 0 Å². The SMILES string of the molecule is COc1c(C)nn(C2CCC2)c1C1CN(Cc2ccccc2)CC1C. The van der Waals surface area contributed by atoms with Gasteiger partial charge in [-0.1, -0.05) is 37.3 Å². The zero-order valence-corrected chi connectivity index (χ0v) is 15.6. The molecule has 1 saturated heterocycles. The number of rotatable bonds is 5. The van der Waals surface area contributed by atoms with Crippen molar-refractivity contribution in [2.75, 3.05) is 20.2 Å². The Morgan fingerprint density at radius 3 is 2.56 bits per heavy atom. The van der Waals surface area contributed by atoms with Crippen molar-refractivity contribution < 1.29 is 4.74 Å². The van der Waals surface area contributed by atoms with Crippen LogP contribution in [0, 0.1) is 12.8 Å². The minimum Gasteiger partial charge on any atom is -0.493 e. The first-order chi connectivity index (χ1) is 12.2. The van der Waals surface area contributed by atoms with Gasteiger partial charge in [-0.15, -0.1) is 0 Å². The van der Waals surface area contributed by atoms with Crippen molar-refractivity contribution in [2.24, 2.45) is 5.92 Å². The van der Waals surface area contributed by atoms with E-state index in [-0.39, 0.29) is 0 Å². The van der Waals surface area contributed by atoms with E-state index in [1.165, 1.54) is 30.5 Å². The number of methoxy groups -OCH3 is 1. The molecule has 2 unspecified atom stereocenters. The van der Waals surface area contributed by atoms with Crippen LogP contribution in [0.15, 0.2) is 30.3 Å². The Kier molecular flexibility index (Phi) is 4.55. The van der Waals surface area contributed by atoms with E-state index in [0.717, 1.165) is 31.1 Å². The molecule has 1 saturated carbocycles. The van der Waals surface area contributed by atoms with Crippen LogP contribution in [-0.4, -0.2) is 34.9 Å². The summed E-state index contributed by atoms with van der Waals surface area (Å²) in [5.41, 5.74) is 3.77. The number of benzene rings is 1. The van der Waals surface area contributed by atoms with E-state index in [1.54, 1.807) is 7.11 Å². The monoisotopic (exact) mass is 339 g/mol. The van der Waals surface area contributed by atoms with Crippen LogP contribution in [0.1, 0.15) is 55.1 Å². The summed E-state index contributed by atoms with van der Waals surface area (Å²) >= 11 is 0. The first kappa shape index (κ1) is 16.6. The van der Waals surface area contributed by atoms with Gasteiger partial charge in [-0.2, -0.15) is 5.10 Å². The number of aryl methyl sites for hydroxylation is 1. The molecular weight excluding hydrogens is 310 g/mol. The Morgan fingerprint density at radius 2 is 1.92 bits per heavy atom. The molecule has 4 rings (SSSR count). The Hall–Kier alpha value is -1.81. The number of hydrogen-bond acceptors (Lipinski definition) is 3. The minimum atomic E-state index is 0.500. The standard InChI is InChI=1S/C21H29N3O/c1-15-12-23(13-17-8-5-4-6-9-17)14-19(15)20-21(25-3)16(2)22-24(20)18-10-7-11-18/h4-6,8-9,15,18-19H,7,10-14H2,1-3H3. The summed E-state index contributed by atoms with van der Waals surface area (Å²) in [6.07, 6.45) is 3.84. The highest BCUT2D eigenvalue weighted by Gasteiger charge is 2.38. The van der Waals surface area contributed by atoms with Gasteiger partial charge in [0.15, 0.2) is 5.75 Å². The van der Waals surface area contributed by atoms with Crippen molar-refractivity contribution in [2.45, 2.75) is 51.6 Å². The highest BCUT2D eigenvalue weighted by Crippen LogP contribution is 2.43. The Morgan fingerprint density at radius 1 is 1.16 bits per heavy atom. The van der Waals surface area contributed by atoms with Gasteiger partial charge < -0.3 is 4.74 Å². The average molecular weight is 339 g/mol. The molecule has 0 bridgehead atoms. The largest absolute Gasteiger partial charge is 0.493 e. The van der Waals surface area contributed by atoms with Crippen LogP contribution < -0.4 is 4.74 Å². The summed E-state index contributed by atoms with van der Waals surface area (Å²) in [5.74, 6) is 2.14. The molecule has 4 heteroatoms. The van der Waals surface area contributed by atoms with Crippen molar-refractivity contribution in [3.8, 4) is 5.75 Å². The second kappa shape index (κ2) is 6.83. The first-order valence-corrected chi connectivity index (χ1v) is 9.56. The summed E-state index contributed by atoms with van der Waals surface area (Å²) in [5, 5.41) is 4.86. The molecule has 2 fully saturated rings. The summed E-state index contributed by atoms with van der Waals surface area (Å²) in [6.45, 7) is 7.71. The molecule has 2 aromatic rings. The third kappa shape index (κ3) is 3.08. The van der Waals surface area contributed by atoms with Gasteiger partial charge in [0.05, 0.1) is 18.8 Å². The predicted molar refractivity (Wildman–Crippen MR) is 100 cm³/mol. The van der Waals surface area contributed by atoms with Gasteiger partial charge in [-0.3, -0.25) is 9.58 Å². The van der Waals surface area contributed by atoms with Gasteiger partial charge >= 0.3 is 0 Å². The molecule has 1 aliphatic carbocycles. The number of likely N-dealkylation sites (tertiary alicyclic amines) is 1. The van der Waals surface area contributed by atoms with Gasteiger partial charge in [-0.25, -0.2) is 0 Å². The first-order valence-electron chi connectivity index (χ1n) is 9.56. The van der Waals surface area contributed by atoms with Crippen molar-refractivity contribution in [3.63, 3.8) is 0 Å². The van der Waals surface area contributed by atoms with Crippen molar-refractivity contribution in [3.05, 3.63) is 47.3 Å². The molecule has 1 aromatic heterocycles. The van der Waals surface area contributed by atoms with Gasteiger partial charge in [0.2, 0.25) is 0 Å². The Balaban J connectivity index is 1.59. The number of hydrogen-bond donors (Lipinski definition) is 0. The van der Waals surface area contributed by atoms with Gasteiger partial charge in [-0.05, 0) is 37.7 Å². The fourth-order valence-corrected chi connectivity index (χ4v) is 4.44. The van der Waals surface area contributed by atoms with Gasteiger partial charge in [0.25, 0.3) is 0 Å². The van der Waals surface area contributed by atoms with Crippen molar-refractivity contribution >= 4 is 0 Å². The Bertz CT molecular complexity index is 720. The van der Waals surface area contributed by atoms with Crippen molar-refractivity contribution in [1.29, 1.82) is 0 Å². The van der Waals surface area contributed by atoms with Crippen LogP contribution in [0.2, 0.25) is 0 Å². The molecule has 2 heterocycles.